The zero-order valence-corrected chi connectivity index (χ0v) is 52.4. The van der Waals surface area contributed by atoms with Gasteiger partial charge in [0.25, 0.3) is 0 Å². The number of benzene rings is 2. The topological polar surface area (TPSA) is 84.0 Å². The Balaban J connectivity index is 0.000000271. The number of quaternary nitrogens is 1. The van der Waals surface area contributed by atoms with Crippen molar-refractivity contribution in [3.8, 4) is 11.5 Å². The van der Waals surface area contributed by atoms with Crippen LogP contribution in [0, 0.1) is 34.5 Å². The van der Waals surface area contributed by atoms with Crippen molar-refractivity contribution in [1.82, 2.24) is 5.32 Å². The van der Waals surface area contributed by atoms with Crippen LogP contribution < -0.4 is 20.1 Å². The highest BCUT2D eigenvalue weighted by molar-refractivity contribution is 5.42. The molecule has 8 nitrogen and oxygen atoms in total. The molecule has 3 N–H and O–H groups in total. The zero-order valence-electron chi connectivity index (χ0n) is 52.4. The van der Waals surface area contributed by atoms with Gasteiger partial charge >= 0.3 is 72.0 Å². The lowest BCUT2D eigenvalue weighted by molar-refractivity contribution is -0.717. The number of ether oxygens (including phenoxy) is 6. The van der Waals surface area contributed by atoms with Crippen molar-refractivity contribution in [2.45, 2.75) is 212 Å². The Bertz CT molecular complexity index is 2620. The summed E-state index contributed by atoms with van der Waals surface area (Å²) in [6.07, 6.45) is -33.3. The molecule has 96 heavy (non-hydrogen) atoms. The first-order valence-electron chi connectivity index (χ1n) is 31.3. The summed E-state index contributed by atoms with van der Waals surface area (Å²) in [5.41, 5.74) is -10.8. The molecule has 2 aromatic rings. The Kier molecular flexibility index (Phi) is 23.8. The van der Waals surface area contributed by atoms with Crippen molar-refractivity contribution >= 4 is 0 Å². The first-order chi connectivity index (χ1) is 44.0. The van der Waals surface area contributed by atoms with E-state index >= 15 is 0 Å². The Morgan fingerprint density at radius 2 is 0.812 bits per heavy atom. The van der Waals surface area contributed by atoms with Gasteiger partial charge in [-0.2, -0.15) is 114 Å². The molecular formula is C62H77F26N2O6+. The molecule has 0 aromatic heterocycles. The monoisotopic (exact) mass is 1440 g/mol. The highest BCUT2D eigenvalue weighted by Crippen LogP contribution is 2.64. The lowest BCUT2D eigenvalue weighted by Crippen LogP contribution is -2.95. The van der Waals surface area contributed by atoms with Crippen LogP contribution in [-0.4, -0.2) is 151 Å². The largest absolute Gasteiger partial charge is 0.494 e. The SMILES string of the molecule is COCCCCOc1ccc2c(c1)CCC1C2CC[C@@]2(C)C1CC[C@@H]2NCC(F)(F)C(F)(F)COC(C(F)(F)F)(C(F)(F)F)C(F)(F)F.COCCCCOc1ccc2c(c1)CCC1C2CC[C@@]2(C)C1CC[C@@H]2[NH2+]CC(F)(F)C(F)(F)COC(C(F)(F)F)(C(F)(F)F)C(F)(F)F. The van der Waals surface area contributed by atoms with Crippen molar-refractivity contribution < 1.29 is 148 Å². The predicted octanol–water partition coefficient (Wildman–Crippen LogP) is 17.0. The lowest BCUT2D eigenvalue weighted by atomic mass is 9.55. The number of nitrogens with one attached hydrogen (secondary N) is 1. The normalized spacial score (nSPS) is 27.0. The fraction of sp³-hybridized carbons (Fsp3) is 0.806. The first-order valence-corrected chi connectivity index (χ1v) is 31.3. The molecule has 0 heterocycles. The molecule has 34 heteroatoms. The summed E-state index contributed by atoms with van der Waals surface area (Å²) < 4.78 is 379. The van der Waals surface area contributed by atoms with Crippen molar-refractivity contribution in [3.63, 3.8) is 0 Å². The summed E-state index contributed by atoms with van der Waals surface area (Å²) in [4.78, 5) is 0. The molecule has 6 aliphatic carbocycles. The number of aryl methyl sites for hydroxylation is 2. The molecule has 552 valence electrons. The predicted molar refractivity (Wildman–Crippen MR) is 291 cm³/mol. The summed E-state index contributed by atoms with van der Waals surface area (Å²) in [6.45, 7) is -4.59. The average Bonchev–Trinajstić information content (AvgIpc) is 0.774. The van der Waals surface area contributed by atoms with Crippen LogP contribution >= 0.6 is 0 Å². The van der Waals surface area contributed by atoms with Gasteiger partial charge < -0.3 is 39.1 Å². The quantitative estimate of drug-likeness (QED) is 0.0717. The van der Waals surface area contributed by atoms with Gasteiger partial charge in [0, 0.05) is 45.3 Å². The van der Waals surface area contributed by atoms with Gasteiger partial charge in [-0.25, -0.2) is 0 Å². The van der Waals surface area contributed by atoms with Crippen LogP contribution in [0.5, 0.6) is 11.5 Å². The van der Waals surface area contributed by atoms with Crippen LogP contribution in [0.2, 0.25) is 0 Å². The van der Waals surface area contributed by atoms with Crippen LogP contribution in [-0.2, 0) is 31.8 Å². The van der Waals surface area contributed by atoms with Crippen LogP contribution in [0.1, 0.15) is 138 Å². The fourth-order valence-electron chi connectivity index (χ4n) is 16.0. The minimum absolute atomic E-state index is 0.00190. The molecule has 6 aliphatic rings. The summed E-state index contributed by atoms with van der Waals surface area (Å²) in [5.74, 6) is -20.1. The van der Waals surface area contributed by atoms with Crippen LogP contribution in [0.3, 0.4) is 0 Å². The number of alkyl halides is 26. The number of nitrogens with two attached hydrogens (primary N) is 1. The van der Waals surface area contributed by atoms with Gasteiger partial charge in [0.15, 0.2) is 0 Å². The van der Waals surface area contributed by atoms with Crippen molar-refractivity contribution in [2.75, 3.05) is 67.0 Å². The molecule has 4 saturated carbocycles. The molecule has 2 aromatic carbocycles. The second-order valence-electron chi connectivity index (χ2n) is 26.6. The third-order valence-electron chi connectivity index (χ3n) is 21.1. The standard InChI is InChI=1S/2C31H38F13NO3/c2*1-25-12-11-21-20-8-6-19(47-14-4-3-13-46-2)15-18(20)5-7-22(21)23(25)9-10-24(25)45-16-26(32,33)27(34,35)17-48-28(29(36,37)38,30(39,40)41)31(42,43)44/h2*6,8,15,21-24,45H,3-5,7,9-14,16-17H2,1-2H3/p+1/t2*21?,22?,23?,24-,25-/m00/s1. The Morgan fingerprint density at radius 1 is 0.438 bits per heavy atom. The molecule has 8 rings (SSSR count). The zero-order chi connectivity index (χ0) is 72.0. The van der Waals surface area contributed by atoms with Gasteiger partial charge in [0.1, 0.15) is 31.3 Å². The van der Waals surface area contributed by atoms with E-state index in [9.17, 15) is 114 Å². The van der Waals surface area contributed by atoms with Gasteiger partial charge in [-0.05, 0) is 184 Å². The highest BCUT2D eigenvalue weighted by Gasteiger charge is 2.87. The number of rotatable bonds is 26. The minimum atomic E-state index is -7.33. The van der Waals surface area contributed by atoms with Gasteiger partial charge in [0.05, 0.1) is 25.8 Å². The summed E-state index contributed by atoms with van der Waals surface area (Å²) in [6, 6.07) is 10.5. The second kappa shape index (κ2) is 28.8. The summed E-state index contributed by atoms with van der Waals surface area (Å²) in [7, 11) is 3.25. The van der Waals surface area contributed by atoms with E-state index in [4.69, 9.17) is 18.9 Å². The molecule has 0 aliphatic heterocycles. The lowest BCUT2D eigenvalue weighted by Gasteiger charge is -2.51. The van der Waals surface area contributed by atoms with E-state index in [1.54, 1.807) is 14.2 Å². The number of halogens is 26. The van der Waals surface area contributed by atoms with E-state index in [-0.39, 0.29) is 41.9 Å². The van der Waals surface area contributed by atoms with Crippen LogP contribution in [0.4, 0.5) is 114 Å². The molecule has 0 amide bonds. The maximum Gasteiger partial charge on any atom is 0.435 e. The molecule has 0 radical (unpaired) electrons. The van der Waals surface area contributed by atoms with E-state index in [1.165, 1.54) is 5.56 Å². The number of unbranched alkanes of at least 4 members (excludes halogenated alkanes) is 2. The Labute approximate surface area is 536 Å². The van der Waals surface area contributed by atoms with Crippen LogP contribution in [0.25, 0.3) is 0 Å². The van der Waals surface area contributed by atoms with E-state index in [2.05, 4.69) is 14.8 Å². The maximum atomic E-state index is 14.7. The Hall–Kier alpha value is -4.02. The van der Waals surface area contributed by atoms with E-state index in [0.717, 1.165) is 84.9 Å². The second-order valence-corrected chi connectivity index (χ2v) is 26.6. The maximum absolute atomic E-state index is 14.7. The van der Waals surface area contributed by atoms with E-state index in [0.29, 0.717) is 71.4 Å². The molecule has 10 atom stereocenters. The van der Waals surface area contributed by atoms with Gasteiger partial charge in [-0.3, -0.25) is 0 Å². The smallest absolute Gasteiger partial charge is 0.435 e. The van der Waals surface area contributed by atoms with Crippen molar-refractivity contribution in [1.29, 1.82) is 0 Å². The summed E-state index contributed by atoms with van der Waals surface area (Å²) in [5, 5.41) is 3.23. The van der Waals surface area contributed by atoms with Gasteiger partial charge in [0.2, 0.25) is 0 Å². The van der Waals surface area contributed by atoms with Gasteiger partial charge in [-0.15, -0.1) is 0 Å². The number of hydrogen-bond acceptors (Lipinski definition) is 7. The Morgan fingerprint density at radius 3 is 1.22 bits per heavy atom. The number of methoxy groups -OCH3 is 2. The molecule has 6 unspecified atom stereocenters. The van der Waals surface area contributed by atoms with Crippen LogP contribution in [0.15, 0.2) is 36.4 Å². The van der Waals surface area contributed by atoms with E-state index in [1.807, 2.05) is 50.2 Å². The number of fused-ring (bicyclic) bond motifs is 10. The molecule has 0 bridgehead atoms. The number of hydrogen-bond donors (Lipinski definition) is 2. The minimum Gasteiger partial charge on any atom is -0.494 e. The first kappa shape index (κ1) is 79.3. The van der Waals surface area contributed by atoms with E-state index < -0.39 is 121 Å². The average molecular weight is 1440 g/mol. The fourth-order valence-corrected chi connectivity index (χ4v) is 16.0. The molecule has 0 spiro atoms. The third kappa shape index (κ3) is 15.6. The highest BCUT2D eigenvalue weighted by atomic mass is 19.5. The van der Waals surface area contributed by atoms with Gasteiger partial charge in [-0.1, -0.05) is 26.0 Å². The third-order valence-corrected chi connectivity index (χ3v) is 21.1. The van der Waals surface area contributed by atoms with Crippen molar-refractivity contribution in [2.24, 2.45) is 34.5 Å². The van der Waals surface area contributed by atoms with Crippen molar-refractivity contribution in [3.05, 3.63) is 58.7 Å². The molecule has 0 saturated heterocycles. The summed E-state index contributed by atoms with van der Waals surface area (Å²) >= 11 is 0. The molecular weight excluding hydrogens is 1360 g/mol. The molecule has 4 fully saturated rings.